The minimum absolute atomic E-state index is 0.211. The van der Waals surface area contributed by atoms with Crippen LogP contribution in [0.3, 0.4) is 0 Å². The van der Waals surface area contributed by atoms with Gasteiger partial charge in [0.05, 0.1) is 6.10 Å². The molecule has 2 unspecified atom stereocenters. The van der Waals surface area contributed by atoms with Crippen molar-refractivity contribution in [2.45, 2.75) is 65.1 Å². The highest BCUT2D eigenvalue weighted by molar-refractivity contribution is 5.29. The van der Waals surface area contributed by atoms with E-state index in [1.807, 2.05) is 0 Å². The minimum atomic E-state index is -0.277. The molecule has 1 aromatic rings. The van der Waals surface area contributed by atoms with Gasteiger partial charge in [-0.25, -0.2) is 0 Å². The van der Waals surface area contributed by atoms with E-state index in [2.05, 4.69) is 42.5 Å². The summed E-state index contributed by atoms with van der Waals surface area (Å²) in [6.45, 7) is 10.3. The molecule has 20 heavy (non-hydrogen) atoms. The average Bonchev–Trinajstić information content (AvgIpc) is 2.96. The third kappa shape index (κ3) is 2.53. The summed E-state index contributed by atoms with van der Waals surface area (Å²) in [5.74, 6) is 0. The van der Waals surface area contributed by atoms with Gasteiger partial charge in [-0.05, 0) is 50.3 Å². The Kier molecular flexibility index (Phi) is 3.67. The van der Waals surface area contributed by atoms with Gasteiger partial charge in [0.1, 0.15) is 0 Å². The maximum Gasteiger partial charge on any atom is 0.0812 e. The monoisotopic (exact) mass is 276 g/mol. The molecule has 1 saturated heterocycles. The van der Waals surface area contributed by atoms with Crippen LogP contribution in [-0.4, -0.2) is 33.7 Å². The highest BCUT2D eigenvalue weighted by Gasteiger charge is 2.34. The molecule has 2 atom stereocenters. The fourth-order valence-electron chi connectivity index (χ4n) is 4.10. The quantitative estimate of drug-likeness (QED) is 0.919. The van der Waals surface area contributed by atoms with Crippen LogP contribution in [0.5, 0.6) is 0 Å². The van der Waals surface area contributed by atoms with E-state index in [4.69, 9.17) is 0 Å². The van der Waals surface area contributed by atoms with Crippen molar-refractivity contribution in [2.24, 2.45) is 5.41 Å². The second-order valence-corrected chi connectivity index (χ2v) is 7.36. The third-order valence-corrected chi connectivity index (χ3v) is 5.18. The Bertz CT molecular complexity index is 477. The van der Waals surface area contributed by atoms with E-state index in [9.17, 15) is 5.11 Å². The van der Waals surface area contributed by atoms with E-state index in [0.29, 0.717) is 6.04 Å². The number of aliphatic hydroxyl groups is 1. The van der Waals surface area contributed by atoms with E-state index >= 15 is 0 Å². The number of aromatic nitrogens is 1. The highest BCUT2D eigenvalue weighted by Crippen LogP contribution is 2.41. The van der Waals surface area contributed by atoms with Crippen molar-refractivity contribution in [1.82, 2.24) is 9.47 Å². The number of rotatable bonds is 3. The van der Waals surface area contributed by atoms with Crippen molar-refractivity contribution in [1.29, 1.82) is 0 Å². The van der Waals surface area contributed by atoms with Gasteiger partial charge in [0.25, 0.3) is 0 Å². The van der Waals surface area contributed by atoms with Crippen LogP contribution in [0.15, 0.2) is 12.3 Å². The summed E-state index contributed by atoms with van der Waals surface area (Å²) in [5, 5.41) is 10.3. The number of hydrogen-bond acceptors (Lipinski definition) is 2. The van der Waals surface area contributed by atoms with Crippen LogP contribution in [0.25, 0.3) is 0 Å². The van der Waals surface area contributed by atoms with Gasteiger partial charge >= 0.3 is 0 Å². The molecule has 3 rings (SSSR count). The fourth-order valence-corrected chi connectivity index (χ4v) is 4.10. The maximum absolute atomic E-state index is 10.3. The molecule has 0 spiro atoms. The summed E-state index contributed by atoms with van der Waals surface area (Å²) in [4.78, 5) is 2.59. The van der Waals surface area contributed by atoms with E-state index < -0.39 is 0 Å². The molecule has 0 aromatic carbocycles. The zero-order chi connectivity index (χ0) is 14.3. The fraction of sp³-hybridized carbons (Fsp3) is 0.765. The summed E-state index contributed by atoms with van der Waals surface area (Å²) in [6.07, 6.45) is 6.53. The van der Waals surface area contributed by atoms with Crippen molar-refractivity contribution in [3.05, 3.63) is 23.5 Å². The zero-order valence-electron chi connectivity index (χ0n) is 13.1. The van der Waals surface area contributed by atoms with Gasteiger partial charge in [-0.15, -0.1) is 0 Å². The average molecular weight is 276 g/mol. The van der Waals surface area contributed by atoms with Crippen molar-refractivity contribution in [3.8, 4) is 0 Å². The van der Waals surface area contributed by atoms with Crippen LogP contribution in [0, 0.1) is 5.41 Å². The molecule has 1 N–H and O–H groups in total. The molecule has 3 heteroatoms. The van der Waals surface area contributed by atoms with Crippen molar-refractivity contribution < 1.29 is 5.11 Å². The molecule has 3 nitrogen and oxygen atoms in total. The highest BCUT2D eigenvalue weighted by atomic mass is 16.3. The first-order valence-electron chi connectivity index (χ1n) is 8.10. The predicted molar refractivity (Wildman–Crippen MR) is 81.8 cm³/mol. The van der Waals surface area contributed by atoms with Crippen molar-refractivity contribution >= 4 is 0 Å². The molecule has 0 radical (unpaired) electrons. The number of aliphatic hydroxyl groups excluding tert-OH is 1. The van der Waals surface area contributed by atoms with Crippen LogP contribution in [-0.2, 0) is 13.0 Å². The molecule has 1 aliphatic carbocycles. The van der Waals surface area contributed by atoms with E-state index in [1.165, 1.54) is 30.6 Å². The topological polar surface area (TPSA) is 28.4 Å². The summed E-state index contributed by atoms with van der Waals surface area (Å²) in [7, 11) is 0. The Morgan fingerprint density at radius 1 is 1.40 bits per heavy atom. The molecule has 0 saturated carbocycles. The van der Waals surface area contributed by atoms with Gasteiger partial charge in [-0.3, -0.25) is 4.90 Å². The zero-order valence-corrected chi connectivity index (χ0v) is 13.1. The first-order chi connectivity index (χ1) is 9.50. The Morgan fingerprint density at radius 2 is 2.20 bits per heavy atom. The van der Waals surface area contributed by atoms with Gasteiger partial charge in [0.2, 0.25) is 0 Å². The van der Waals surface area contributed by atoms with Crippen molar-refractivity contribution in [2.75, 3.05) is 13.1 Å². The van der Waals surface area contributed by atoms with Gasteiger partial charge in [-0.1, -0.05) is 20.8 Å². The molecular formula is C17H28N2O. The second kappa shape index (κ2) is 5.19. The lowest BCUT2D eigenvalue weighted by Crippen LogP contribution is -2.34. The summed E-state index contributed by atoms with van der Waals surface area (Å²) in [6, 6.07) is 2.82. The third-order valence-electron chi connectivity index (χ3n) is 5.18. The smallest absolute Gasteiger partial charge is 0.0812 e. The number of nitrogens with zero attached hydrogens (tertiary/aromatic N) is 2. The summed E-state index contributed by atoms with van der Waals surface area (Å²) >= 11 is 0. The number of hydrogen-bond donors (Lipinski definition) is 1. The summed E-state index contributed by atoms with van der Waals surface area (Å²) < 4.78 is 2.41. The normalized spacial score (nSPS) is 29.6. The van der Waals surface area contributed by atoms with E-state index in [0.717, 1.165) is 25.9 Å². The lowest BCUT2D eigenvalue weighted by Gasteiger charge is -2.34. The predicted octanol–water partition coefficient (Wildman–Crippen LogP) is 2.98. The van der Waals surface area contributed by atoms with Crippen LogP contribution in [0.2, 0.25) is 0 Å². The lowest BCUT2D eigenvalue weighted by molar-refractivity contribution is 0.0973. The van der Waals surface area contributed by atoms with Crippen LogP contribution in [0.1, 0.15) is 57.4 Å². The molecule has 2 aliphatic rings. The van der Waals surface area contributed by atoms with Crippen LogP contribution < -0.4 is 0 Å². The molecule has 0 amide bonds. The minimum Gasteiger partial charge on any atom is -0.388 e. The lowest BCUT2D eigenvalue weighted by atomic mass is 9.75. The molecule has 1 fully saturated rings. The second-order valence-electron chi connectivity index (χ2n) is 7.36. The molecule has 1 aromatic heterocycles. The first kappa shape index (κ1) is 14.2. The maximum atomic E-state index is 10.3. The van der Waals surface area contributed by atoms with Gasteiger partial charge in [0.15, 0.2) is 0 Å². The van der Waals surface area contributed by atoms with Gasteiger partial charge in [-0.2, -0.15) is 0 Å². The summed E-state index contributed by atoms with van der Waals surface area (Å²) in [5.41, 5.74) is 2.75. The Balaban J connectivity index is 1.82. The van der Waals surface area contributed by atoms with Gasteiger partial charge in [0, 0.05) is 30.0 Å². The molecule has 112 valence electrons. The molecule has 0 bridgehead atoms. The molecule has 2 heterocycles. The molecule has 1 aliphatic heterocycles. The first-order valence-corrected chi connectivity index (χ1v) is 8.10. The van der Waals surface area contributed by atoms with Crippen LogP contribution in [0.4, 0.5) is 0 Å². The Hall–Kier alpha value is -0.800. The van der Waals surface area contributed by atoms with Crippen LogP contribution >= 0.6 is 0 Å². The standard InChI is InChI=1S/C17H28N2O/c1-4-18-8-5-6-13(18)12-19-9-7-14-15(19)10-17(2,3)11-16(14)20/h7,9,13,16,20H,4-6,8,10-12H2,1-3H3. The largest absolute Gasteiger partial charge is 0.388 e. The number of likely N-dealkylation sites (tertiary alicyclic amines) is 1. The number of likely N-dealkylation sites (N-methyl/N-ethyl adjacent to an activating group) is 1. The Labute approximate surface area is 122 Å². The van der Waals surface area contributed by atoms with E-state index in [-0.39, 0.29) is 11.5 Å². The molecular weight excluding hydrogens is 248 g/mol. The van der Waals surface area contributed by atoms with E-state index in [1.54, 1.807) is 0 Å². The number of fused-ring (bicyclic) bond motifs is 1. The van der Waals surface area contributed by atoms with Crippen molar-refractivity contribution in [3.63, 3.8) is 0 Å². The van der Waals surface area contributed by atoms with Gasteiger partial charge < -0.3 is 9.67 Å². The SMILES string of the molecule is CCN1CCCC1Cn1ccc2c1CC(C)(C)CC2O. The Morgan fingerprint density at radius 3 is 2.95 bits per heavy atom.